The fourth-order valence-corrected chi connectivity index (χ4v) is 2.63. The molecule has 2 N–H and O–H groups in total. The highest BCUT2D eigenvalue weighted by molar-refractivity contribution is 5.24. The van der Waals surface area contributed by atoms with Crippen LogP contribution in [0.4, 0.5) is 0 Å². The van der Waals surface area contributed by atoms with Gasteiger partial charge in [-0.3, -0.25) is 0 Å². The molecule has 0 atom stereocenters. The van der Waals surface area contributed by atoms with Crippen molar-refractivity contribution in [2.75, 3.05) is 6.54 Å². The highest BCUT2D eigenvalue weighted by Gasteiger charge is 2.15. The zero-order chi connectivity index (χ0) is 10.5. The minimum atomic E-state index is 0.757. The fourth-order valence-electron chi connectivity index (χ4n) is 2.63. The van der Waals surface area contributed by atoms with E-state index in [0.29, 0.717) is 0 Å². The number of rotatable bonds is 4. The third kappa shape index (κ3) is 3.07. The van der Waals surface area contributed by atoms with Crippen LogP contribution in [0.5, 0.6) is 0 Å². The molecule has 15 heavy (non-hydrogen) atoms. The van der Waals surface area contributed by atoms with Crippen molar-refractivity contribution in [2.24, 2.45) is 11.7 Å². The van der Waals surface area contributed by atoms with Crippen molar-refractivity contribution in [2.45, 2.75) is 38.5 Å². The first-order chi connectivity index (χ1) is 7.38. The van der Waals surface area contributed by atoms with E-state index in [1.165, 1.54) is 43.2 Å². The Hall–Kier alpha value is -0.820. The summed E-state index contributed by atoms with van der Waals surface area (Å²) in [7, 11) is 0. The Bertz CT molecular complexity index is 300. The van der Waals surface area contributed by atoms with Gasteiger partial charge in [-0.15, -0.1) is 0 Å². The van der Waals surface area contributed by atoms with Gasteiger partial charge in [0.15, 0.2) is 0 Å². The van der Waals surface area contributed by atoms with Crippen molar-refractivity contribution in [1.82, 2.24) is 0 Å². The highest BCUT2D eigenvalue weighted by atomic mass is 14.5. The van der Waals surface area contributed by atoms with Gasteiger partial charge in [-0.1, -0.05) is 49.9 Å². The van der Waals surface area contributed by atoms with Crippen LogP contribution in [0.25, 0.3) is 0 Å². The largest absolute Gasteiger partial charge is 0.330 e. The predicted molar refractivity (Wildman–Crippen MR) is 64.9 cm³/mol. The lowest BCUT2D eigenvalue weighted by Gasteiger charge is -2.09. The maximum atomic E-state index is 5.57. The van der Waals surface area contributed by atoms with E-state index >= 15 is 0 Å². The molecule has 1 fully saturated rings. The molecular formula is C14H21N. The molecule has 0 spiro atoms. The van der Waals surface area contributed by atoms with Crippen molar-refractivity contribution < 1.29 is 0 Å². The first-order valence-electron chi connectivity index (χ1n) is 6.16. The number of benzene rings is 1. The summed E-state index contributed by atoms with van der Waals surface area (Å²) in [4.78, 5) is 0. The molecule has 82 valence electrons. The average molecular weight is 203 g/mol. The second kappa shape index (κ2) is 5.32. The summed E-state index contributed by atoms with van der Waals surface area (Å²) >= 11 is 0. The van der Waals surface area contributed by atoms with Gasteiger partial charge in [-0.2, -0.15) is 0 Å². The lowest BCUT2D eigenvalue weighted by Crippen LogP contribution is -2.04. The Morgan fingerprint density at radius 2 is 1.87 bits per heavy atom. The molecule has 0 aliphatic heterocycles. The van der Waals surface area contributed by atoms with Gasteiger partial charge >= 0.3 is 0 Å². The SMILES string of the molecule is NCCc1cccc(CC2CCCC2)c1. The van der Waals surface area contributed by atoms with Gasteiger partial charge < -0.3 is 5.73 Å². The van der Waals surface area contributed by atoms with Crippen molar-refractivity contribution in [3.8, 4) is 0 Å². The van der Waals surface area contributed by atoms with E-state index in [1.807, 2.05) is 0 Å². The lowest BCUT2D eigenvalue weighted by atomic mass is 9.96. The summed E-state index contributed by atoms with van der Waals surface area (Å²) in [6, 6.07) is 8.96. The lowest BCUT2D eigenvalue weighted by molar-refractivity contribution is 0.546. The maximum Gasteiger partial charge on any atom is -0.00367 e. The zero-order valence-corrected chi connectivity index (χ0v) is 9.41. The third-order valence-electron chi connectivity index (χ3n) is 3.42. The molecule has 0 heterocycles. The Morgan fingerprint density at radius 1 is 1.13 bits per heavy atom. The Balaban J connectivity index is 1.97. The molecule has 0 aromatic heterocycles. The summed E-state index contributed by atoms with van der Waals surface area (Å²) < 4.78 is 0. The zero-order valence-electron chi connectivity index (χ0n) is 9.41. The van der Waals surface area contributed by atoms with Crippen molar-refractivity contribution in [3.63, 3.8) is 0 Å². The number of hydrogen-bond acceptors (Lipinski definition) is 1. The summed E-state index contributed by atoms with van der Waals surface area (Å²) in [6.45, 7) is 0.757. The molecule has 1 aromatic rings. The van der Waals surface area contributed by atoms with Crippen LogP contribution in [0, 0.1) is 5.92 Å². The van der Waals surface area contributed by atoms with Crippen LogP contribution >= 0.6 is 0 Å². The summed E-state index contributed by atoms with van der Waals surface area (Å²) in [6.07, 6.45) is 8.03. The van der Waals surface area contributed by atoms with Crippen LogP contribution in [0.2, 0.25) is 0 Å². The van der Waals surface area contributed by atoms with Crippen LogP contribution in [0.15, 0.2) is 24.3 Å². The van der Waals surface area contributed by atoms with E-state index < -0.39 is 0 Å². The number of hydrogen-bond donors (Lipinski definition) is 1. The Morgan fingerprint density at radius 3 is 2.60 bits per heavy atom. The molecule has 0 saturated heterocycles. The molecule has 1 aromatic carbocycles. The molecule has 1 saturated carbocycles. The van der Waals surface area contributed by atoms with E-state index in [9.17, 15) is 0 Å². The van der Waals surface area contributed by atoms with Gasteiger partial charge in [0.05, 0.1) is 0 Å². The minimum absolute atomic E-state index is 0.757. The third-order valence-corrected chi connectivity index (χ3v) is 3.42. The average Bonchev–Trinajstić information content (AvgIpc) is 2.71. The van der Waals surface area contributed by atoms with Gasteiger partial charge in [0.25, 0.3) is 0 Å². The molecular weight excluding hydrogens is 182 g/mol. The molecule has 1 nitrogen and oxygen atoms in total. The summed E-state index contributed by atoms with van der Waals surface area (Å²) in [5, 5.41) is 0. The molecule has 0 radical (unpaired) electrons. The molecule has 1 aliphatic rings. The number of nitrogens with two attached hydrogens (primary N) is 1. The van der Waals surface area contributed by atoms with E-state index in [2.05, 4.69) is 24.3 Å². The molecule has 0 amide bonds. The normalized spacial score (nSPS) is 17.1. The van der Waals surface area contributed by atoms with Crippen LogP contribution in [0.3, 0.4) is 0 Å². The standard InChI is InChI=1S/C14H21N/c15-9-8-13-6-3-7-14(11-13)10-12-4-1-2-5-12/h3,6-7,11-12H,1-2,4-5,8-10,15H2. The van der Waals surface area contributed by atoms with E-state index in [-0.39, 0.29) is 0 Å². The molecule has 1 heteroatoms. The van der Waals surface area contributed by atoms with Crippen LogP contribution < -0.4 is 5.73 Å². The second-order valence-electron chi connectivity index (χ2n) is 4.71. The maximum absolute atomic E-state index is 5.57. The summed E-state index contributed by atoms with van der Waals surface area (Å²) in [5.41, 5.74) is 8.48. The van der Waals surface area contributed by atoms with E-state index in [0.717, 1.165) is 18.9 Å². The predicted octanol–water partition coefficient (Wildman–Crippen LogP) is 2.92. The minimum Gasteiger partial charge on any atom is -0.330 e. The van der Waals surface area contributed by atoms with Crippen molar-refractivity contribution in [3.05, 3.63) is 35.4 Å². The smallest absolute Gasteiger partial charge is 0.00367 e. The highest BCUT2D eigenvalue weighted by Crippen LogP contribution is 2.28. The first-order valence-corrected chi connectivity index (χ1v) is 6.16. The summed E-state index contributed by atoms with van der Waals surface area (Å²) in [5.74, 6) is 0.943. The molecule has 1 aliphatic carbocycles. The van der Waals surface area contributed by atoms with Gasteiger partial charge in [0, 0.05) is 0 Å². The van der Waals surface area contributed by atoms with Gasteiger partial charge in [0.1, 0.15) is 0 Å². The van der Waals surface area contributed by atoms with Crippen molar-refractivity contribution in [1.29, 1.82) is 0 Å². The quantitative estimate of drug-likeness (QED) is 0.800. The fraction of sp³-hybridized carbons (Fsp3) is 0.571. The topological polar surface area (TPSA) is 26.0 Å². The van der Waals surface area contributed by atoms with Gasteiger partial charge in [0.2, 0.25) is 0 Å². The monoisotopic (exact) mass is 203 g/mol. The van der Waals surface area contributed by atoms with Crippen LogP contribution in [-0.4, -0.2) is 6.54 Å². The van der Waals surface area contributed by atoms with E-state index in [4.69, 9.17) is 5.73 Å². The molecule has 0 bridgehead atoms. The van der Waals surface area contributed by atoms with Crippen LogP contribution in [-0.2, 0) is 12.8 Å². The van der Waals surface area contributed by atoms with E-state index in [1.54, 1.807) is 0 Å². The second-order valence-corrected chi connectivity index (χ2v) is 4.71. The van der Waals surface area contributed by atoms with Gasteiger partial charge in [-0.25, -0.2) is 0 Å². The van der Waals surface area contributed by atoms with Gasteiger partial charge in [-0.05, 0) is 36.4 Å². The van der Waals surface area contributed by atoms with Crippen molar-refractivity contribution >= 4 is 0 Å². The Labute approximate surface area is 92.7 Å². The first kappa shape index (κ1) is 10.7. The molecule has 0 unspecified atom stereocenters. The van der Waals surface area contributed by atoms with Crippen LogP contribution in [0.1, 0.15) is 36.8 Å². The molecule has 2 rings (SSSR count). The Kier molecular flexibility index (Phi) is 3.79.